The van der Waals surface area contributed by atoms with Crippen LogP contribution in [0.3, 0.4) is 0 Å². The zero-order valence-corrected chi connectivity index (χ0v) is 29.0. The first-order valence-electron chi connectivity index (χ1n) is 17.6. The molecule has 0 aromatic heterocycles. The Kier molecular flexibility index (Phi) is 31.2. The minimum atomic E-state index is -0.881. The largest absolute Gasteiger partial charge is 0.481 e. The standard InChI is InChI=1S/C36H62O11/c1-3-5-7-9-11-17-26-44-36(45-27-18-12-10-8-6-4-2)24-23-35(42)47-30-31(28-37)29-46-34(41)21-14-13-19-25-43-33(40)22-16-15-20-32(38)39/h5-8,31,36-37H,3-4,9-30H2,1-2H3,(H,38,39)/b7-5-,8-6-. The van der Waals surface area contributed by atoms with Crippen LogP contribution in [-0.2, 0) is 42.9 Å². The van der Waals surface area contributed by atoms with Gasteiger partial charge in [0.2, 0.25) is 0 Å². The first-order chi connectivity index (χ1) is 22.8. The minimum Gasteiger partial charge on any atom is -0.481 e. The highest BCUT2D eigenvalue weighted by Crippen LogP contribution is 2.11. The van der Waals surface area contributed by atoms with Gasteiger partial charge >= 0.3 is 23.9 Å². The molecule has 0 rings (SSSR count). The summed E-state index contributed by atoms with van der Waals surface area (Å²) < 4.78 is 27.6. The molecular formula is C36H62O11. The molecule has 2 N–H and O–H groups in total. The van der Waals surface area contributed by atoms with Gasteiger partial charge in [0.1, 0.15) is 0 Å². The lowest BCUT2D eigenvalue weighted by atomic mass is 10.2. The van der Waals surface area contributed by atoms with Crippen molar-refractivity contribution in [3.05, 3.63) is 24.3 Å². The number of aliphatic hydroxyl groups is 1. The Morgan fingerprint density at radius 1 is 0.574 bits per heavy atom. The summed E-state index contributed by atoms with van der Waals surface area (Å²) in [6.45, 7) is 5.17. The summed E-state index contributed by atoms with van der Waals surface area (Å²) in [4.78, 5) is 46.6. The van der Waals surface area contributed by atoms with Crippen LogP contribution < -0.4 is 0 Å². The molecule has 0 radical (unpaired) electrons. The van der Waals surface area contributed by atoms with Gasteiger partial charge in [0.05, 0.1) is 38.8 Å². The molecular weight excluding hydrogens is 608 g/mol. The van der Waals surface area contributed by atoms with Crippen LogP contribution >= 0.6 is 0 Å². The number of hydrogen-bond acceptors (Lipinski definition) is 10. The second kappa shape index (κ2) is 33.2. The number of carboxylic acid groups (broad SMARTS) is 1. The van der Waals surface area contributed by atoms with Crippen LogP contribution in [0.15, 0.2) is 24.3 Å². The van der Waals surface area contributed by atoms with Crippen molar-refractivity contribution in [2.24, 2.45) is 5.92 Å². The van der Waals surface area contributed by atoms with E-state index in [4.69, 9.17) is 28.8 Å². The molecule has 0 aliphatic rings. The lowest BCUT2D eigenvalue weighted by Crippen LogP contribution is -2.25. The molecule has 0 fully saturated rings. The SMILES string of the molecule is CC/C=C\CCCCOC(CCC(=O)OCC(CO)COC(=O)CCCCCOC(=O)CCCCC(=O)O)OCCCC/C=C\CC. The van der Waals surface area contributed by atoms with Crippen LogP contribution in [0.4, 0.5) is 0 Å². The molecule has 272 valence electrons. The number of carbonyl (C=O) groups excluding carboxylic acids is 3. The molecule has 0 aliphatic carbocycles. The van der Waals surface area contributed by atoms with E-state index in [0.717, 1.165) is 51.4 Å². The van der Waals surface area contributed by atoms with E-state index in [9.17, 15) is 24.3 Å². The van der Waals surface area contributed by atoms with Crippen molar-refractivity contribution in [3.8, 4) is 0 Å². The fraction of sp³-hybridized carbons (Fsp3) is 0.778. The predicted octanol–water partition coefficient (Wildman–Crippen LogP) is 6.84. The zero-order valence-electron chi connectivity index (χ0n) is 29.0. The summed E-state index contributed by atoms with van der Waals surface area (Å²) in [5.74, 6) is -2.60. The third kappa shape index (κ3) is 31.6. The lowest BCUT2D eigenvalue weighted by molar-refractivity contribution is -0.161. The summed E-state index contributed by atoms with van der Waals surface area (Å²) in [6, 6.07) is 0. The van der Waals surface area contributed by atoms with Gasteiger partial charge in [-0.15, -0.1) is 0 Å². The highest BCUT2D eigenvalue weighted by molar-refractivity contribution is 5.70. The van der Waals surface area contributed by atoms with Crippen molar-refractivity contribution in [2.75, 3.05) is 39.6 Å². The van der Waals surface area contributed by atoms with Gasteiger partial charge in [-0.05, 0) is 83.5 Å². The Labute approximate surface area is 282 Å². The molecule has 0 aliphatic heterocycles. The molecule has 0 saturated heterocycles. The molecule has 0 spiro atoms. The maximum Gasteiger partial charge on any atom is 0.305 e. The van der Waals surface area contributed by atoms with Crippen molar-refractivity contribution in [1.29, 1.82) is 0 Å². The third-order valence-electron chi connectivity index (χ3n) is 7.05. The van der Waals surface area contributed by atoms with E-state index in [1.165, 1.54) is 0 Å². The van der Waals surface area contributed by atoms with Crippen LogP contribution in [0.1, 0.15) is 129 Å². The Morgan fingerprint density at radius 3 is 1.60 bits per heavy atom. The van der Waals surface area contributed by atoms with Crippen molar-refractivity contribution < 1.29 is 53.1 Å². The molecule has 1 unspecified atom stereocenters. The summed E-state index contributed by atoms with van der Waals surface area (Å²) in [6.07, 6.45) is 19.8. The molecule has 11 heteroatoms. The summed E-state index contributed by atoms with van der Waals surface area (Å²) in [7, 11) is 0. The van der Waals surface area contributed by atoms with Gasteiger partial charge in [-0.2, -0.15) is 0 Å². The summed E-state index contributed by atoms with van der Waals surface area (Å²) in [5.41, 5.74) is 0. The van der Waals surface area contributed by atoms with E-state index in [-0.39, 0.29) is 58.1 Å². The van der Waals surface area contributed by atoms with Crippen LogP contribution in [0.25, 0.3) is 0 Å². The molecule has 47 heavy (non-hydrogen) atoms. The van der Waals surface area contributed by atoms with Crippen LogP contribution in [0, 0.1) is 5.92 Å². The molecule has 0 amide bonds. The van der Waals surface area contributed by atoms with Gasteiger partial charge in [0.25, 0.3) is 0 Å². The van der Waals surface area contributed by atoms with Gasteiger partial charge in [-0.1, -0.05) is 38.2 Å². The Hall–Kier alpha value is -2.76. The Balaban J connectivity index is 4.22. The van der Waals surface area contributed by atoms with Gasteiger partial charge in [-0.3, -0.25) is 19.2 Å². The molecule has 1 atom stereocenters. The Bertz CT molecular complexity index is 832. The first-order valence-corrected chi connectivity index (χ1v) is 17.6. The molecule has 11 nitrogen and oxygen atoms in total. The van der Waals surface area contributed by atoms with Crippen LogP contribution in [0.5, 0.6) is 0 Å². The van der Waals surface area contributed by atoms with Crippen LogP contribution in [-0.4, -0.2) is 80.0 Å². The maximum atomic E-state index is 12.4. The fourth-order valence-corrected chi connectivity index (χ4v) is 4.25. The number of carbonyl (C=O) groups is 4. The van der Waals surface area contributed by atoms with Gasteiger partial charge in [0.15, 0.2) is 6.29 Å². The number of esters is 3. The number of unbranched alkanes of at least 4 members (excludes halogenated alkanes) is 7. The van der Waals surface area contributed by atoms with Gasteiger partial charge in [0, 0.05) is 38.9 Å². The highest BCUT2D eigenvalue weighted by Gasteiger charge is 2.17. The molecule has 0 saturated carbocycles. The quantitative estimate of drug-likeness (QED) is 0.0248. The van der Waals surface area contributed by atoms with Crippen molar-refractivity contribution >= 4 is 23.9 Å². The van der Waals surface area contributed by atoms with E-state index in [1.807, 2.05) is 0 Å². The number of hydrogen-bond donors (Lipinski definition) is 2. The number of aliphatic hydroxyl groups excluding tert-OH is 1. The molecule has 0 heterocycles. The Morgan fingerprint density at radius 2 is 1.06 bits per heavy atom. The monoisotopic (exact) mass is 670 g/mol. The van der Waals surface area contributed by atoms with Crippen molar-refractivity contribution in [3.63, 3.8) is 0 Å². The topological polar surface area (TPSA) is 155 Å². The minimum absolute atomic E-state index is 0.0375. The van der Waals surface area contributed by atoms with Crippen molar-refractivity contribution in [1.82, 2.24) is 0 Å². The van der Waals surface area contributed by atoms with E-state index in [2.05, 4.69) is 38.2 Å². The third-order valence-corrected chi connectivity index (χ3v) is 7.05. The first kappa shape index (κ1) is 44.2. The van der Waals surface area contributed by atoms with E-state index in [0.29, 0.717) is 51.7 Å². The van der Waals surface area contributed by atoms with Gasteiger partial charge < -0.3 is 33.9 Å². The lowest BCUT2D eigenvalue weighted by Gasteiger charge is -2.19. The average molecular weight is 671 g/mol. The smallest absolute Gasteiger partial charge is 0.305 e. The molecule has 0 aromatic rings. The number of aliphatic carboxylic acids is 1. The fourth-order valence-electron chi connectivity index (χ4n) is 4.25. The second-order valence-electron chi connectivity index (χ2n) is 11.5. The van der Waals surface area contributed by atoms with E-state index >= 15 is 0 Å². The number of ether oxygens (including phenoxy) is 5. The average Bonchev–Trinajstić information content (AvgIpc) is 3.05. The van der Waals surface area contributed by atoms with E-state index in [1.54, 1.807) is 0 Å². The van der Waals surface area contributed by atoms with Crippen molar-refractivity contribution in [2.45, 2.75) is 136 Å². The summed E-state index contributed by atoms with van der Waals surface area (Å²) in [5, 5.41) is 18.3. The number of rotatable bonds is 33. The highest BCUT2D eigenvalue weighted by atomic mass is 16.7. The molecule has 0 bridgehead atoms. The predicted molar refractivity (Wildman–Crippen MR) is 180 cm³/mol. The molecule has 0 aromatic carbocycles. The maximum absolute atomic E-state index is 12.4. The zero-order chi connectivity index (χ0) is 34.8. The number of carboxylic acids is 1. The normalized spacial score (nSPS) is 12.2. The van der Waals surface area contributed by atoms with Gasteiger partial charge in [-0.25, -0.2) is 0 Å². The summed E-state index contributed by atoms with van der Waals surface area (Å²) >= 11 is 0. The number of allylic oxidation sites excluding steroid dienone is 4. The van der Waals surface area contributed by atoms with Crippen LogP contribution in [0.2, 0.25) is 0 Å². The second-order valence-corrected chi connectivity index (χ2v) is 11.5. The van der Waals surface area contributed by atoms with E-state index < -0.39 is 30.1 Å².